The van der Waals surface area contributed by atoms with Crippen LogP contribution in [0.2, 0.25) is 0 Å². The Hall–Kier alpha value is -3.56. The van der Waals surface area contributed by atoms with Crippen molar-refractivity contribution in [1.29, 1.82) is 0 Å². The molecule has 3 aromatic heterocycles. The van der Waals surface area contributed by atoms with Gasteiger partial charge < -0.3 is 15.4 Å². The largest absolute Gasteiger partial charge is 0.481 e. The minimum atomic E-state index is -4.48. The highest BCUT2D eigenvalue weighted by molar-refractivity contribution is 5.93. The van der Waals surface area contributed by atoms with Gasteiger partial charge in [-0.25, -0.2) is 9.97 Å². The van der Waals surface area contributed by atoms with Crippen molar-refractivity contribution in [2.24, 2.45) is 5.92 Å². The first-order valence-corrected chi connectivity index (χ1v) is 10.7. The molecule has 1 aliphatic rings. The molecule has 3 N–H and O–H groups in total. The summed E-state index contributed by atoms with van der Waals surface area (Å²) in [5, 5.41) is 12.8. The third-order valence-electron chi connectivity index (χ3n) is 6.48. The van der Waals surface area contributed by atoms with E-state index in [9.17, 15) is 23.1 Å². The fraction of sp³-hybridized carbons (Fsp3) is 0.348. The number of rotatable bonds is 4. The monoisotopic (exact) mass is 457 g/mol. The molecule has 4 aromatic rings. The number of para-hydroxylation sites is 1. The average molecular weight is 457 g/mol. The van der Waals surface area contributed by atoms with Crippen LogP contribution in [0, 0.1) is 5.92 Å². The van der Waals surface area contributed by atoms with E-state index in [1.54, 1.807) is 31.6 Å². The van der Waals surface area contributed by atoms with E-state index in [-0.39, 0.29) is 17.4 Å². The number of anilines is 1. The second kappa shape index (κ2) is 7.79. The second-order valence-electron chi connectivity index (χ2n) is 8.40. The van der Waals surface area contributed by atoms with Crippen molar-refractivity contribution in [3.8, 4) is 11.4 Å². The summed E-state index contributed by atoms with van der Waals surface area (Å²) < 4.78 is 42.5. The lowest BCUT2D eigenvalue weighted by molar-refractivity contribution is -0.143. The Kier molecular flexibility index (Phi) is 5.02. The van der Waals surface area contributed by atoms with Crippen molar-refractivity contribution in [3.05, 3.63) is 48.0 Å². The minimum absolute atomic E-state index is 0.0135. The van der Waals surface area contributed by atoms with Gasteiger partial charge in [-0.15, -0.1) is 0 Å². The van der Waals surface area contributed by atoms with Gasteiger partial charge in [-0.2, -0.15) is 13.2 Å². The number of nitrogens with one attached hydrogen (secondary N) is 2. The summed E-state index contributed by atoms with van der Waals surface area (Å²) in [5.74, 6) is 0.236. The van der Waals surface area contributed by atoms with Gasteiger partial charge in [0.15, 0.2) is 5.82 Å². The molecular formula is C23H22F3N5O2. The van der Waals surface area contributed by atoms with Crippen LogP contribution in [0.15, 0.2) is 36.7 Å². The van der Waals surface area contributed by atoms with E-state index in [2.05, 4.69) is 15.3 Å². The Labute approximate surface area is 186 Å². The van der Waals surface area contributed by atoms with Crippen molar-refractivity contribution in [3.63, 3.8) is 0 Å². The van der Waals surface area contributed by atoms with E-state index in [4.69, 9.17) is 4.98 Å². The summed E-state index contributed by atoms with van der Waals surface area (Å²) >= 11 is 0. The maximum absolute atomic E-state index is 13.5. The molecule has 0 unspecified atom stereocenters. The molecule has 5 rings (SSSR count). The molecule has 1 aliphatic carbocycles. The molecule has 0 bridgehead atoms. The van der Waals surface area contributed by atoms with Crippen LogP contribution >= 0.6 is 0 Å². The number of carboxylic acid groups (broad SMARTS) is 1. The average Bonchev–Trinajstić information content (AvgIpc) is 3.39. The van der Waals surface area contributed by atoms with Gasteiger partial charge in [-0.1, -0.05) is 12.1 Å². The molecule has 1 fully saturated rings. The number of H-pyrrole nitrogens is 1. The zero-order valence-electron chi connectivity index (χ0n) is 17.8. The summed E-state index contributed by atoms with van der Waals surface area (Å²) in [4.78, 5) is 23.5. The normalized spacial score (nSPS) is 19.3. The summed E-state index contributed by atoms with van der Waals surface area (Å²) in [6.07, 6.45) is 1.43. The maximum atomic E-state index is 13.5. The lowest BCUT2D eigenvalue weighted by Gasteiger charge is -2.25. The summed E-state index contributed by atoms with van der Waals surface area (Å²) in [5.41, 5.74) is 0.922. The van der Waals surface area contributed by atoms with E-state index < -0.39 is 17.7 Å². The minimum Gasteiger partial charge on any atom is -0.481 e. The molecule has 0 radical (unpaired) electrons. The Morgan fingerprint density at radius 1 is 1.24 bits per heavy atom. The number of aromatic amines is 1. The number of alkyl halides is 3. The standard InChI is InChI=1S/C23H22F3N5O2/c1-27-20-19-18(16-11-14-3-2-4-15(17(14)29-16)23(24,25)26)30-21(31(19)10-9-28-20)12-5-7-13(8-6-12)22(32)33/h2-4,9-13,29H,5-8H2,1H3,(H,27,28)(H,32,33)/t12-,13-. The lowest BCUT2D eigenvalue weighted by atomic mass is 9.81. The number of aromatic nitrogens is 4. The van der Waals surface area contributed by atoms with Gasteiger partial charge in [-0.05, 0) is 37.8 Å². The highest BCUT2D eigenvalue weighted by atomic mass is 19.4. The van der Waals surface area contributed by atoms with Crippen LogP contribution in [0.5, 0.6) is 0 Å². The van der Waals surface area contributed by atoms with Gasteiger partial charge in [0.1, 0.15) is 17.0 Å². The smallest absolute Gasteiger partial charge is 0.418 e. The first kappa shape index (κ1) is 21.3. The quantitative estimate of drug-likeness (QED) is 0.387. The number of fused-ring (bicyclic) bond motifs is 2. The van der Waals surface area contributed by atoms with Crippen LogP contribution in [0.25, 0.3) is 27.8 Å². The molecule has 0 atom stereocenters. The Morgan fingerprint density at radius 2 is 2.00 bits per heavy atom. The van der Waals surface area contributed by atoms with E-state index in [0.29, 0.717) is 53.8 Å². The Bertz CT molecular complexity index is 1350. The maximum Gasteiger partial charge on any atom is 0.418 e. The zero-order chi connectivity index (χ0) is 23.3. The predicted molar refractivity (Wildman–Crippen MR) is 117 cm³/mol. The number of hydrogen-bond acceptors (Lipinski definition) is 4. The fourth-order valence-electron chi connectivity index (χ4n) is 4.84. The van der Waals surface area contributed by atoms with E-state index >= 15 is 0 Å². The Balaban J connectivity index is 1.66. The van der Waals surface area contributed by atoms with Crippen LogP contribution in [0.4, 0.5) is 19.0 Å². The van der Waals surface area contributed by atoms with Gasteiger partial charge in [0.2, 0.25) is 0 Å². The van der Waals surface area contributed by atoms with Gasteiger partial charge in [0.25, 0.3) is 0 Å². The summed E-state index contributed by atoms with van der Waals surface area (Å²) in [7, 11) is 1.73. The molecule has 0 saturated heterocycles. The number of benzene rings is 1. The van der Waals surface area contributed by atoms with Crippen molar-refractivity contribution >= 4 is 28.2 Å². The van der Waals surface area contributed by atoms with Crippen LogP contribution < -0.4 is 5.32 Å². The van der Waals surface area contributed by atoms with Crippen molar-refractivity contribution in [2.75, 3.05) is 12.4 Å². The number of hydrogen-bond donors (Lipinski definition) is 3. The zero-order valence-corrected chi connectivity index (χ0v) is 17.8. The third kappa shape index (κ3) is 3.59. The molecule has 0 aliphatic heterocycles. The highest BCUT2D eigenvalue weighted by Crippen LogP contribution is 2.40. The number of carboxylic acids is 1. The summed E-state index contributed by atoms with van der Waals surface area (Å²) in [6, 6.07) is 5.75. The van der Waals surface area contributed by atoms with Crippen LogP contribution in [-0.4, -0.2) is 37.5 Å². The van der Waals surface area contributed by atoms with Crippen molar-refractivity contribution in [2.45, 2.75) is 37.8 Å². The lowest BCUT2D eigenvalue weighted by Crippen LogP contribution is -2.21. The van der Waals surface area contributed by atoms with Gasteiger partial charge in [-0.3, -0.25) is 9.20 Å². The SMILES string of the molecule is CNc1nccn2c1c(-c1cc3cccc(C(F)(F)F)c3[nH]1)nc2[C@H]1CC[C@H](C(=O)O)CC1. The predicted octanol–water partition coefficient (Wildman–Crippen LogP) is 5.30. The second-order valence-corrected chi connectivity index (χ2v) is 8.40. The molecule has 10 heteroatoms. The van der Waals surface area contributed by atoms with E-state index in [0.717, 1.165) is 11.9 Å². The number of halogens is 3. The number of carbonyl (C=O) groups is 1. The van der Waals surface area contributed by atoms with Gasteiger partial charge in [0, 0.05) is 30.7 Å². The first-order chi connectivity index (χ1) is 15.8. The van der Waals surface area contributed by atoms with Crippen LogP contribution in [0.3, 0.4) is 0 Å². The number of imidazole rings is 1. The molecular weight excluding hydrogens is 435 g/mol. The van der Waals surface area contributed by atoms with E-state index in [1.165, 1.54) is 6.07 Å². The molecule has 3 heterocycles. The fourth-order valence-corrected chi connectivity index (χ4v) is 4.84. The van der Waals surface area contributed by atoms with Crippen molar-refractivity contribution < 1.29 is 23.1 Å². The number of nitrogens with zero attached hydrogens (tertiary/aromatic N) is 3. The Morgan fingerprint density at radius 3 is 2.67 bits per heavy atom. The van der Waals surface area contributed by atoms with Crippen molar-refractivity contribution in [1.82, 2.24) is 19.4 Å². The molecule has 0 amide bonds. The summed E-state index contributed by atoms with van der Waals surface area (Å²) in [6.45, 7) is 0. The first-order valence-electron chi connectivity index (χ1n) is 10.7. The number of aliphatic carboxylic acids is 1. The topological polar surface area (TPSA) is 95.3 Å². The van der Waals surface area contributed by atoms with Gasteiger partial charge in [0.05, 0.1) is 22.7 Å². The molecule has 1 aromatic carbocycles. The molecule has 33 heavy (non-hydrogen) atoms. The van der Waals surface area contributed by atoms with Crippen LogP contribution in [0.1, 0.15) is 43.0 Å². The molecule has 0 spiro atoms. The molecule has 7 nitrogen and oxygen atoms in total. The van der Waals surface area contributed by atoms with Gasteiger partial charge >= 0.3 is 12.1 Å². The third-order valence-corrected chi connectivity index (χ3v) is 6.48. The molecule has 1 saturated carbocycles. The van der Waals surface area contributed by atoms with E-state index in [1.807, 2.05) is 4.40 Å². The highest BCUT2D eigenvalue weighted by Gasteiger charge is 2.34. The van der Waals surface area contributed by atoms with Crippen LogP contribution in [-0.2, 0) is 11.0 Å². The molecule has 172 valence electrons.